The molecule has 0 amide bonds. The van der Waals surface area contributed by atoms with Crippen LogP contribution in [0.5, 0.6) is 0 Å². The first-order valence-electron chi connectivity index (χ1n) is 7.84. The van der Waals surface area contributed by atoms with Gasteiger partial charge in [0.05, 0.1) is 0 Å². The van der Waals surface area contributed by atoms with E-state index in [0.29, 0.717) is 17.5 Å². The van der Waals surface area contributed by atoms with Crippen LogP contribution in [0, 0.1) is 11.3 Å². The van der Waals surface area contributed by atoms with E-state index in [-0.39, 0.29) is 0 Å². The molecular formula is C16H34N2. The highest BCUT2D eigenvalue weighted by atomic mass is 15.2. The lowest BCUT2D eigenvalue weighted by molar-refractivity contribution is 0.113. The molecule has 0 saturated heterocycles. The van der Waals surface area contributed by atoms with Crippen molar-refractivity contribution < 1.29 is 0 Å². The number of rotatable bonds is 9. The Morgan fingerprint density at radius 3 is 2.28 bits per heavy atom. The largest absolute Gasteiger partial charge is 0.314 e. The average molecular weight is 254 g/mol. The van der Waals surface area contributed by atoms with E-state index in [1.165, 1.54) is 32.4 Å². The van der Waals surface area contributed by atoms with Crippen LogP contribution in [-0.4, -0.2) is 36.6 Å². The van der Waals surface area contributed by atoms with Crippen molar-refractivity contribution in [3.63, 3.8) is 0 Å². The van der Waals surface area contributed by atoms with Gasteiger partial charge in [-0.05, 0) is 57.9 Å². The Bertz CT molecular complexity index is 231. The van der Waals surface area contributed by atoms with E-state index in [2.05, 4.69) is 51.8 Å². The van der Waals surface area contributed by atoms with E-state index in [0.717, 1.165) is 12.5 Å². The second-order valence-electron chi connectivity index (χ2n) is 7.13. The molecule has 1 aliphatic rings. The summed E-state index contributed by atoms with van der Waals surface area (Å²) in [5.74, 6) is 0.988. The topological polar surface area (TPSA) is 15.3 Å². The Morgan fingerprint density at radius 2 is 1.83 bits per heavy atom. The zero-order valence-electron chi connectivity index (χ0n) is 13.4. The second kappa shape index (κ2) is 6.91. The lowest BCUT2D eigenvalue weighted by atomic mass is 9.84. The van der Waals surface area contributed by atoms with E-state index in [9.17, 15) is 0 Å². The molecule has 0 aromatic heterocycles. The molecule has 2 heteroatoms. The molecule has 108 valence electrons. The Labute approximate surface area is 115 Å². The van der Waals surface area contributed by atoms with Crippen molar-refractivity contribution in [1.29, 1.82) is 0 Å². The number of hydrogen-bond acceptors (Lipinski definition) is 2. The van der Waals surface area contributed by atoms with Crippen LogP contribution in [0.15, 0.2) is 0 Å². The van der Waals surface area contributed by atoms with E-state index in [4.69, 9.17) is 0 Å². The molecule has 1 rings (SSSR count). The van der Waals surface area contributed by atoms with Gasteiger partial charge in [-0.3, -0.25) is 0 Å². The van der Waals surface area contributed by atoms with Crippen molar-refractivity contribution in [3.05, 3.63) is 0 Å². The molecule has 0 heterocycles. The van der Waals surface area contributed by atoms with Crippen LogP contribution in [0.4, 0.5) is 0 Å². The van der Waals surface area contributed by atoms with Crippen LogP contribution in [0.3, 0.4) is 0 Å². The molecule has 1 fully saturated rings. The van der Waals surface area contributed by atoms with E-state index in [1.807, 2.05) is 0 Å². The third-order valence-electron chi connectivity index (χ3n) is 4.40. The molecule has 0 spiro atoms. The summed E-state index contributed by atoms with van der Waals surface area (Å²) in [4.78, 5) is 2.68. The summed E-state index contributed by atoms with van der Waals surface area (Å²) in [6.07, 6.45) is 4.12. The molecule has 1 saturated carbocycles. The van der Waals surface area contributed by atoms with Gasteiger partial charge in [0, 0.05) is 25.2 Å². The molecule has 0 radical (unpaired) electrons. The molecular weight excluding hydrogens is 220 g/mol. The van der Waals surface area contributed by atoms with Crippen molar-refractivity contribution in [2.45, 2.75) is 72.9 Å². The zero-order valence-corrected chi connectivity index (χ0v) is 13.4. The number of nitrogens with zero attached hydrogens (tertiary/aromatic N) is 1. The van der Waals surface area contributed by atoms with Crippen molar-refractivity contribution in [3.8, 4) is 0 Å². The maximum atomic E-state index is 3.66. The van der Waals surface area contributed by atoms with Gasteiger partial charge in [0.1, 0.15) is 0 Å². The van der Waals surface area contributed by atoms with Gasteiger partial charge in [0.25, 0.3) is 0 Å². The van der Waals surface area contributed by atoms with Gasteiger partial charge in [0.2, 0.25) is 0 Å². The molecule has 1 unspecified atom stereocenters. The molecule has 0 bridgehead atoms. The van der Waals surface area contributed by atoms with Gasteiger partial charge in [-0.2, -0.15) is 0 Å². The monoisotopic (exact) mass is 254 g/mol. The molecule has 1 atom stereocenters. The van der Waals surface area contributed by atoms with Gasteiger partial charge in [0.15, 0.2) is 0 Å². The van der Waals surface area contributed by atoms with Gasteiger partial charge in [-0.1, -0.05) is 20.8 Å². The smallest absolute Gasteiger partial charge is 0.0102 e. The normalized spacial score (nSPS) is 18.7. The SMILES string of the molecule is CCCNC(C)C(C)(C)CN(CC1CC1)C(C)C. The quantitative estimate of drug-likeness (QED) is 0.677. The first kappa shape index (κ1) is 16.0. The highest BCUT2D eigenvalue weighted by Crippen LogP contribution is 2.32. The Hall–Kier alpha value is -0.0800. The zero-order chi connectivity index (χ0) is 13.8. The summed E-state index contributed by atoms with van der Waals surface area (Å²) in [6, 6.07) is 1.25. The Morgan fingerprint density at radius 1 is 1.22 bits per heavy atom. The highest BCUT2D eigenvalue weighted by molar-refractivity contribution is 4.87. The summed E-state index contributed by atoms with van der Waals surface area (Å²) in [7, 11) is 0. The third-order valence-corrected chi connectivity index (χ3v) is 4.40. The van der Waals surface area contributed by atoms with Crippen LogP contribution in [0.1, 0.15) is 60.8 Å². The van der Waals surface area contributed by atoms with E-state index in [1.54, 1.807) is 0 Å². The van der Waals surface area contributed by atoms with Gasteiger partial charge >= 0.3 is 0 Å². The summed E-state index contributed by atoms with van der Waals surface area (Å²) in [5.41, 5.74) is 0.342. The minimum atomic E-state index is 0.342. The van der Waals surface area contributed by atoms with Crippen LogP contribution in [-0.2, 0) is 0 Å². The van der Waals surface area contributed by atoms with Crippen molar-refractivity contribution in [2.24, 2.45) is 11.3 Å². The van der Waals surface area contributed by atoms with Gasteiger partial charge < -0.3 is 10.2 Å². The summed E-state index contributed by atoms with van der Waals surface area (Å²) >= 11 is 0. The third kappa shape index (κ3) is 5.27. The fourth-order valence-electron chi connectivity index (χ4n) is 2.39. The maximum absolute atomic E-state index is 3.66. The predicted octanol–water partition coefficient (Wildman–Crippen LogP) is 3.52. The molecule has 0 aromatic rings. The van der Waals surface area contributed by atoms with Crippen LogP contribution >= 0.6 is 0 Å². The fraction of sp³-hybridized carbons (Fsp3) is 1.00. The average Bonchev–Trinajstić information content (AvgIpc) is 3.08. The van der Waals surface area contributed by atoms with E-state index >= 15 is 0 Å². The molecule has 18 heavy (non-hydrogen) atoms. The van der Waals surface area contributed by atoms with Crippen LogP contribution in [0.25, 0.3) is 0 Å². The predicted molar refractivity (Wildman–Crippen MR) is 81.0 cm³/mol. The van der Waals surface area contributed by atoms with Crippen molar-refractivity contribution >= 4 is 0 Å². The minimum Gasteiger partial charge on any atom is -0.314 e. The number of nitrogens with one attached hydrogen (secondary N) is 1. The van der Waals surface area contributed by atoms with Gasteiger partial charge in [-0.15, -0.1) is 0 Å². The highest BCUT2D eigenvalue weighted by Gasteiger charge is 2.32. The summed E-state index contributed by atoms with van der Waals surface area (Å²) in [6.45, 7) is 17.7. The van der Waals surface area contributed by atoms with Crippen molar-refractivity contribution in [1.82, 2.24) is 10.2 Å². The molecule has 1 N–H and O–H groups in total. The standard InChI is InChI=1S/C16H34N2/c1-7-10-17-14(4)16(5,6)12-18(13(2)3)11-15-8-9-15/h13-15,17H,7-12H2,1-6H3. The number of hydrogen-bond donors (Lipinski definition) is 1. The van der Waals surface area contributed by atoms with Crippen molar-refractivity contribution in [2.75, 3.05) is 19.6 Å². The maximum Gasteiger partial charge on any atom is 0.0102 e. The molecule has 1 aliphatic carbocycles. The first-order valence-corrected chi connectivity index (χ1v) is 7.84. The Kier molecular flexibility index (Phi) is 6.13. The summed E-state index contributed by atoms with van der Waals surface area (Å²) < 4.78 is 0. The van der Waals surface area contributed by atoms with Crippen LogP contribution in [0.2, 0.25) is 0 Å². The molecule has 0 aromatic carbocycles. The Balaban J connectivity index is 2.47. The van der Waals surface area contributed by atoms with Gasteiger partial charge in [-0.25, -0.2) is 0 Å². The van der Waals surface area contributed by atoms with E-state index < -0.39 is 0 Å². The van der Waals surface area contributed by atoms with Crippen LogP contribution < -0.4 is 5.32 Å². The second-order valence-corrected chi connectivity index (χ2v) is 7.13. The molecule has 0 aliphatic heterocycles. The minimum absolute atomic E-state index is 0.342. The lowest BCUT2D eigenvalue weighted by Crippen LogP contribution is -2.49. The lowest BCUT2D eigenvalue weighted by Gasteiger charge is -2.39. The molecule has 2 nitrogen and oxygen atoms in total. The fourth-order valence-corrected chi connectivity index (χ4v) is 2.39. The first-order chi connectivity index (χ1) is 8.36. The summed E-state index contributed by atoms with van der Waals surface area (Å²) in [5, 5.41) is 3.66.